The van der Waals surface area contributed by atoms with Crippen LogP contribution in [0.25, 0.3) is 22.5 Å². The summed E-state index contributed by atoms with van der Waals surface area (Å²) < 4.78 is 5.41. The first kappa shape index (κ1) is 12.7. The van der Waals surface area contributed by atoms with Gasteiger partial charge in [-0.3, -0.25) is 4.98 Å². The maximum Gasteiger partial charge on any atom is 0.176 e. The summed E-state index contributed by atoms with van der Waals surface area (Å²) in [7, 11) is 0. The van der Waals surface area contributed by atoms with E-state index in [9.17, 15) is 0 Å². The van der Waals surface area contributed by atoms with E-state index in [0.29, 0.717) is 11.6 Å². The molecule has 2 N–H and O–H groups in total. The quantitative estimate of drug-likeness (QED) is 0.742. The van der Waals surface area contributed by atoms with Gasteiger partial charge >= 0.3 is 0 Å². The SMILES string of the molecule is CSc1ccc(-c2onc(N)c2-c2ccncc2)cc1. The molecule has 0 spiro atoms. The molecule has 100 valence electrons. The summed E-state index contributed by atoms with van der Waals surface area (Å²) in [5, 5.41) is 3.89. The molecule has 0 aliphatic heterocycles. The molecule has 0 fully saturated rings. The highest BCUT2D eigenvalue weighted by molar-refractivity contribution is 7.98. The molecule has 0 radical (unpaired) electrons. The third-order valence-electron chi connectivity index (χ3n) is 3.04. The van der Waals surface area contributed by atoms with Crippen LogP contribution in [0.15, 0.2) is 58.2 Å². The van der Waals surface area contributed by atoms with Crippen molar-refractivity contribution < 1.29 is 4.52 Å². The average molecular weight is 283 g/mol. The van der Waals surface area contributed by atoms with Gasteiger partial charge < -0.3 is 10.3 Å². The van der Waals surface area contributed by atoms with Crippen molar-refractivity contribution in [2.45, 2.75) is 4.90 Å². The number of hydrogen-bond acceptors (Lipinski definition) is 5. The lowest BCUT2D eigenvalue weighted by Gasteiger charge is -2.03. The van der Waals surface area contributed by atoms with Crippen LogP contribution in [0, 0.1) is 0 Å². The Balaban J connectivity index is 2.11. The van der Waals surface area contributed by atoms with Gasteiger partial charge in [0.25, 0.3) is 0 Å². The maximum atomic E-state index is 5.94. The van der Waals surface area contributed by atoms with Crippen LogP contribution in [-0.2, 0) is 0 Å². The number of nitrogens with two attached hydrogens (primary N) is 1. The maximum absolute atomic E-state index is 5.94. The smallest absolute Gasteiger partial charge is 0.176 e. The molecule has 0 saturated heterocycles. The summed E-state index contributed by atoms with van der Waals surface area (Å²) in [5.41, 5.74) is 8.65. The molecule has 0 atom stereocenters. The van der Waals surface area contributed by atoms with Gasteiger partial charge in [-0.15, -0.1) is 11.8 Å². The zero-order chi connectivity index (χ0) is 13.9. The third kappa shape index (κ3) is 2.28. The number of nitrogen functional groups attached to an aromatic ring is 1. The van der Waals surface area contributed by atoms with Crippen LogP contribution < -0.4 is 5.73 Å². The van der Waals surface area contributed by atoms with E-state index < -0.39 is 0 Å². The Kier molecular flexibility index (Phi) is 3.43. The molecule has 3 aromatic rings. The highest BCUT2D eigenvalue weighted by Gasteiger charge is 2.17. The number of nitrogens with zero attached hydrogens (tertiary/aromatic N) is 2. The topological polar surface area (TPSA) is 64.9 Å². The zero-order valence-electron chi connectivity index (χ0n) is 10.9. The summed E-state index contributed by atoms with van der Waals surface area (Å²) in [6.07, 6.45) is 5.49. The van der Waals surface area contributed by atoms with Gasteiger partial charge in [-0.1, -0.05) is 5.16 Å². The minimum absolute atomic E-state index is 0.389. The van der Waals surface area contributed by atoms with Gasteiger partial charge in [-0.05, 0) is 48.2 Å². The highest BCUT2D eigenvalue weighted by Crippen LogP contribution is 2.36. The number of rotatable bonds is 3. The molecule has 1 aromatic carbocycles. The fraction of sp³-hybridized carbons (Fsp3) is 0.0667. The Morgan fingerprint density at radius 1 is 1.00 bits per heavy atom. The van der Waals surface area contributed by atoms with Crippen molar-refractivity contribution in [3.05, 3.63) is 48.8 Å². The first-order valence-corrected chi connectivity index (χ1v) is 7.32. The summed E-state index contributed by atoms with van der Waals surface area (Å²) in [6.45, 7) is 0. The monoisotopic (exact) mass is 283 g/mol. The van der Waals surface area contributed by atoms with E-state index in [4.69, 9.17) is 10.3 Å². The lowest BCUT2D eigenvalue weighted by molar-refractivity contribution is 0.436. The van der Waals surface area contributed by atoms with Crippen molar-refractivity contribution in [2.24, 2.45) is 0 Å². The summed E-state index contributed by atoms with van der Waals surface area (Å²) in [6, 6.07) is 11.9. The molecule has 3 rings (SSSR count). The molecule has 5 heteroatoms. The van der Waals surface area contributed by atoms with Crippen LogP contribution in [0.3, 0.4) is 0 Å². The first-order valence-electron chi connectivity index (χ1n) is 6.09. The van der Waals surface area contributed by atoms with Gasteiger partial charge in [0, 0.05) is 22.9 Å². The number of benzene rings is 1. The van der Waals surface area contributed by atoms with E-state index >= 15 is 0 Å². The Hall–Kier alpha value is -2.27. The van der Waals surface area contributed by atoms with Crippen LogP contribution in [0.2, 0.25) is 0 Å². The minimum atomic E-state index is 0.389. The minimum Gasteiger partial charge on any atom is -0.380 e. The van der Waals surface area contributed by atoms with Crippen LogP contribution in [0.5, 0.6) is 0 Å². The van der Waals surface area contributed by atoms with E-state index in [2.05, 4.69) is 22.3 Å². The van der Waals surface area contributed by atoms with Crippen molar-refractivity contribution in [3.63, 3.8) is 0 Å². The third-order valence-corrected chi connectivity index (χ3v) is 3.78. The molecule has 0 amide bonds. The molecule has 4 nitrogen and oxygen atoms in total. The van der Waals surface area contributed by atoms with Crippen molar-refractivity contribution in [1.82, 2.24) is 10.1 Å². The second-order valence-corrected chi connectivity index (χ2v) is 5.12. The Morgan fingerprint density at radius 3 is 2.35 bits per heavy atom. The Morgan fingerprint density at radius 2 is 1.70 bits per heavy atom. The number of pyridine rings is 1. The molecule has 0 aliphatic rings. The number of hydrogen-bond donors (Lipinski definition) is 1. The van der Waals surface area contributed by atoms with Gasteiger partial charge in [0.1, 0.15) is 0 Å². The number of aromatic nitrogens is 2. The van der Waals surface area contributed by atoms with Crippen molar-refractivity contribution in [3.8, 4) is 22.5 Å². The Labute approximate surface area is 121 Å². The summed E-state index contributed by atoms with van der Waals surface area (Å²) in [5.74, 6) is 1.07. The molecule has 2 heterocycles. The molecular formula is C15H13N3OS. The molecule has 0 saturated carbocycles. The molecule has 20 heavy (non-hydrogen) atoms. The molecule has 0 aliphatic carbocycles. The van der Waals surface area contributed by atoms with Crippen LogP contribution in [0.4, 0.5) is 5.82 Å². The average Bonchev–Trinajstić information content (AvgIpc) is 2.90. The largest absolute Gasteiger partial charge is 0.380 e. The molecular weight excluding hydrogens is 270 g/mol. The van der Waals surface area contributed by atoms with Gasteiger partial charge in [0.05, 0.1) is 5.56 Å². The van der Waals surface area contributed by atoms with Gasteiger partial charge in [0.15, 0.2) is 11.6 Å². The van der Waals surface area contributed by atoms with Crippen LogP contribution >= 0.6 is 11.8 Å². The van der Waals surface area contributed by atoms with Gasteiger partial charge in [-0.25, -0.2) is 0 Å². The van der Waals surface area contributed by atoms with Crippen LogP contribution in [-0.4, -0.2) is 16.4 Å². The van der Waals surface area contributed by atoms with Crippen molar-refractivity contribution in [1.29, 1.82) is 0 Å². The fourth-order valence-corrected chi connectivity index (χ4v) is 2.45. The predicted octanol–water partition coefficient (Wildman–Crippen LogP) is 3.71. The summed E-state index contributed by atoms with van der Waals surface area (Å²) >= 11 is 1.70. The normalized spacial score (nSPS) is 10.7. The lowest BCUT2D eigenvalue weighted by atomic mass is 10.0. The fourth-order valence-electron chi connectivity index (χ4n) is 2.04. The van der Waals surface area contributed by atoms with E-state index in [1.54, 1.807) is 24.2 Å². The van der Waals surface area contributed by atoms with Crippen molar-refractivity contribution >= 4 is 17.6 Å². The Bertz CT molecular complexity index is 708. The molecule has 2 aromatic heterocycles. The summed E-state index contributed by atoms with van der Waals surface area (Å²) in [4.78, 5) is 5.22. The van der Waals surface area contributed by atoms with E-state index in [1.807, 2.05) is 30.5 Å². The van der Waals surface area contributed by atoms with Gasteiger partial charge in [-0.2, -0.15) is 0 Å². The second-order valence-electron chi connectivity index (χ2n) is 4.24. The van der Waals surface area contributed by atoms with E-state index in [-0.39, 0.29) is 0 Å². The zero-order valence-corrected chi connectivity index (χ0v) is 11.7. The first-order chi connectivity index (χ1) is 9.79. The van der Waals surface area contributed by atoms with E-state index in [1.165, 1.54) is 4.90 Å². The second kappa shape index (κ2) is 5.38. The van der Waals surface area contributed by atoms with Crippen LogP contribution in [0.1, 0.15) is 0 Å². The van der Waals surface area contributed by atoms with Crippen molar-refractivity contribution in [2.75, 3.05) is 12.0 Å². The number of thioether (sulfide) groups is 1. The molecule has 0 bridgehead atoms. The lowest BCUT2D eigenvalue weighted by Crippen LogP contribution is -1.89. The van der Waals surface area contributed by atoms with E-state index in [0.717, 1.165) is 16.7 Å². The molecule has 0 unspecified atom stereocenters. The number of anilines is 1. The predicted molar refractivity (Wildman–Crippen MR) is 81.4 cm³/mol. The van der Waals surface area contributed by atoms with Gasteiger partial charge in [0.2, 0.25) is 0 Å². The standard InChI is InChI=1S/C15H13N3OS/c1-20-12-4-2-11(3-5-12)14-13(15(16)18-19-14)10-6-8-17-9-7-10/h2-9H,1H3,(H2,16,18). The highest BCUT2D eigenvalue weighted by atomic mass is 32.2.